The van der Waals surface area contributed by atoms with Gasteiger partial charge in [-0.25, -0.2) is 0 Å². The van der Waals surface area contributed by atoms with E-state index in [1.807, 2.05) is 64.9 Å². The topological polar surface area (TPSA) is 50.9 Å². The highest BCUT2D eigenvalue weighted by molar-refractivity contribution is 9.10. The molecule has 0 fully saturated rings. The number of halogens is 2. The second-order valence-corrected chi connectivity index (χ2v) is 7.50. The minimum atomic E-state index is 0.579. The predicted molar refractivity (Wildman–Crippen MR) is 111 cm³/mol. The van der Waals surface area contributed by atoms with Gasteiger partial charge in [0.05, 0.1) is 23.3 Å². The van der Waals surface area contributed by atoms with Crippen molar-refractivity contribution in [2.24, 2.45) is 7.05 Å². The first-order valence-corrected chi connectivity index (χ1v) is 9.47. The summed E-state index contributed by atoms with van der Waals surface area (Å²) in [5.74, 6) is 0.666. The summed E-state index contributed by atoms with van der Waals surface area (Å²) in [6.45, 7) is 1.23. The third-order valence-corrected chi connectivity index (χ3v) is 5.26. The molecule has 1 N–H and O–H groups in total. The van der Waals surface area contributed by atoms with Crippen molar-refractivity contribution in [3.05, 3.63) is 63.5 Å². The molecule has 6 nitrogen and oxygen atoms in total. The zero-order valence-electron chi connectivity index (χ0n) is 14.4. The van der Waals surface area contributed by atoms with Gasteiger partial charge in [-0.05, 0) is 45.8 Å². The number of aromatic nitrogens is 4. The van der Waals surface area contributed by atoms with Crippen molar-refractivity contribution in [3.8, 4) is 0 Å². The number of aryl methyl sites for hydroxylation is 1. The van der Waals surface area contributed by atoms with Crippen molar-refractivity contribution in [1.82, 2.24) is 24.5 Å². The van der Waals surface area contributed by atoms with Gasteiger partial charge in [-0.1, -0.05) is 29.8 Å². The van der Waals surface area contributed by atoms with E-state index in [-0.39, 0.29) is 0 Å². The van der Waals surface area contributed by atoms with Crippen LogP contribution in [0.3, 0.4) is 0 Å². The second kappa shape index (κ2) is 8.20. The van der Waals surface area contributed by atoms with E-state index in [0.29, 0.717) is 24.0 Å². The Hall–Kier alpha value is -1.90. The summed E-state index contributed by atoms with van der Waals surface area (Å²) in [6.07, 6.45) is 3.67. The zero-order valence-corrected chi connectivity index (χ0v) is 17.5. The lowest BCUT2D eigenvalue weighted by molar-refractivity contribution is 0.482. The molecule has 0 aliphatic rings. The van der Waals surface area contributed by atoms with E-state index in [1.165, 1.54) is 0 Å². The van der Waals surface area contributed by atoms with Crippen LogP contribution in [0.1, 0.15) is 11.3 Å². The maximum atomic E-state index is 6.22. The molecule has 1 aromatic carbocycles. The number of thiocarbonyl (C=S) groups is 1. The molecule has 0 saturated heterocycles. The van der Waals surface area contributed by atoms with E-state index in [0.717, 1.165) is 20.8 Å². The van der Waals surface area contributed by atoms with Crippen molar-refractivity contribution >= 4 is 50.7 Å². The first-order valence-electron chi connectivity index (χ1n) is 7.89. The van der Waals surface area contributed by atoms with Crippen molar-refractivity contribution in [3.63, 3.8) is 0 Å². The number of hydrogen-bond acceptors (Lipinski definition) is 3. The van der Waals surface area contributed by atoms with Gasteiger partial charge < -0.3 is 10.2 Å². The van der Waals surface area contributed by atoms with Crippen molar-refractivity contribution < 1.29 is 0 Å². The maximum absolute atomic E-state index is 6.22. The molecule has 0 amide bonds. The molecule has 0 aliphatic carbocycles. The molecular formula is C17H18BrClN6S. The Labute approximate surface area is 170 Å². The van der Waals surface area contributed by atoms with Gasteiger partial charge in [0, 0.05) is 31.5 Å². The van der Waals surface area contributed by atoms with Gasteiger partial charge in [0.15, 0.2) is 10.9 Å². The lowest BCUT2D eigenvalue weighted by Crippen LogP contribution is -2.31. The van der Waals surface area contributed by atoms with Gasteiger partial charge in [0.2, 0.25) is 0 Å². The summed E-state index contributed by atoms with van der Waals surface area (Å²) in [4.78, 5) is 1.94. The maximum Gasteiger partial charge on any atom is 0.174 e. The first kappa shape index (κ1) is 18.9. The smallest absolute Gasteiger partial charge is 0.174 e. The number of nitrogens with zero attached hydrogens (tertiary/aromatic N) is 5. The van der Waals surface area contributed by atoms with E-state index in [2.05, 4.69) is 31.4 Å². The molecule has 0 atom stereocenters. The van der Waals surface area contributed by atoms with Crippen LogP contribution in [-0.2, 0) is 20.1 Å². The Morgan fingerprint density at radius 2 is 2.12 bits per heavy atom. The van der Waals surface area contributed by atoms with Crippen molar-refractivity contribution in [1.29, 1.82) is 0 Å². The fourth-order valence-electron chi connectivity index (χ4n) is 2.43. The number of nitrogens with one attached hydrogen (secondary N) is 1. The predicted octanol–water partition coefficient (Wildman–Crippen LogP) is 3.91. The summed E-state index contributed by atoms with van der Waals surface area (Å²) >= 11 is 15.2. The normalized spacial score (nSPS) is 10.8. The number of benzene rings is 1. The van der Waals surface area contributed by atoms with E-state index < -0.39 is 0 Å². The first-order chi connectivity index (χ1) is 12.4. The van der Waals surface area contributed by atoms with Gasteiger partial charge in [-0.15, -0.1) is 0 Å². The van der Waals surface area contributed by atoms with Gasteiger partial charge in [0.25, 0.3) is 0 Å². The Bertz CT molecular complexity index is 922. The lowest BCUT2D eigenvalue weighted by Gasteiger charge is -2.20. The largest absolute Gasteiger partial charge is 0.346 e. The molecule has 9 heteroatoms. The van der Waals surface area contributed by atoms with Crippen LogP contribution in [0.4, 0.5) is 5.82 Å². The van der Waals surface area contributed by atoms with E-state index >= 15 is 0 Å². The van der Waals surface area contributed by atoms with E-state index in [9.17, 15) is 0 Å². The summed E-state index contributed by atoms with van der Waals surface area (Å²) in [5.41, 5.74) is 2.08. The highest BCUT2D eigenvalue weighted by Gasteiger charge is 2.13. The van der Waals surface area contributed by atoms with Crippen LogP contribution in [0.5, 0.6) is 0 Å². The zero-order chi connectivity index (χ0) is 18.7. The van der Waals surface area contributed by atoms with Crippen LogP contribution in [0.15, 0.2) is 47.2 Å². The van der Waals surface area contributed by atoms with Gasteiger partial charge in [-0.2, -0.15) is 10.2 Å². The number of rotatable bonds is 5. The van der Waals surface area contributed by atoms with Gasteiger partial charge in [0.1, 0.15) is 0 Å². The van der Waals surface area contributed by atoms with Crippen LogP contribution >= 0.6 is 39.7 Å². The van der Waals surface area contributed by atoms with Gasteiger partial charge in [-0.3, -0.25) is 9.36 Å². The Morgan fingerprint density at radius 1 is 1.35 bits per heavy atom. The fraction of sp³-hybridized carbons (Fsp3) is 0.235. The molecule has 0 spiro atoms. The molecule has 0 saturated carbocycles. The molecule has 2 aromatic heterocycles. The second-order valence-electron chi connectivity index (χ2n) is 5.85. The van der Waals surface area contributed by atoms with Crippen LogP contribution in [-0.4, -0.2) is 36.6 Å². The average Bonchev–Trinajstić information content (AvgIpc) is 3.15. The van der Waals surface area contributed by atoms with Crippen LogP contribution in [0.25, 0.3) is 0 Å². The van der Waals surface area contributed by atoms with Crippen molar-refractivity contribution in [2.45, 2.75) is 13.1 Å². The molecule has 0 aliphatic heterocycles. The lowest BCUT2D eigenvalue weighted by atomic mass is 10.2. The highest BCUT2D eigenvalue weighted by atomic mass is 79.9. The molecular weight excluding hydrogens is 436 g/mol. The highest BCUT2D eigenvalue weighted by Crippen LogP contribution is 2.23. The summed E-state index contributed by atoms with van der Waals surface area (Å²) in [6, 6.07) is 9.69. The SMILES string of the molecule is CN(Cc1ccnn1C)C(=S)Nc1nn(Cc2ccccc2Cl)cc1Br. The monoisotopic (exact) mass is 452 g/mol. The van der Waals surface area contributed by atoms with Crippen molar-refractivity contribution in [2.75, 3.05) is 12.4 Å². The minimum Gasteiger partial charge on any atom is -0.346 e. The van der Waals surface area contributed by atoms with E-state index in [4.69, 9.17) is 23.8 Å². The third kappa shape index (κ3) is 4.44. The van der Waals surface area contributed by atoms with Crippen LogP contribution < -0.4 is 5.32 Å². The summed E-state index contributed by atoms with van der Waals surface area (Å²) in [5, 5.41) is 13.2. The quantitative estimate of drug-likeness (QED) is 0.594. The Morgan fingerprint density at radius 3 is 2.81 bits per heavy atom. The number of hydrogen-bond donors (Lipinski definition) is 1. The van der Waals surface area contributed by atoms with E-state index in [1.54, 1.807) is 6.20 Å². The molecule has 0 unspecified atom stereocenters. The standard InChI is InChI=1S/C17H18BrClN6S/c1-23(10-13-7-8-20-24(13)2)17(26)21-16-14(18)11-25(22-16)9-12-5-3-4-6-15(12)19/h3-8,11H,9-10H2,1-2H3,(H,21,22,26). The van der Waals surface area contributed by atoms with Gasteiger partial charge >= 0.3 is 0 Å². The minimum absolute atomic E-state index is 0.579. The molecule has 3 rings (SSSR count). The molecule has 136 valence electrons. The summed E-state index contributed by atoms with van der Waals surface area (Å²) < 4.78 is 4.48. The van der Waals surface area contributed by atoms with Crippen LogP contribution in [0, 0.1) is 0 Å². The third-order valence-electron chi connectivity index (χ3n) is 3.90. The molecule has 3 aromatic rings. The summed E-state index contributed by atoms with van der Waals surface area (Å²) in [7, 11) is 3.84. The molecule has 0 radical (unpaired) electrons. The molecule has 2 heterocycles. The number of anilines is 1. The fourth-order valence-corrected chi connectivity index (χ4v) is 3.20. The average molecular weight is 454 g/mol. The van der Waals surface area contributed by atoms with Crippen LogP contribution in [0.2, 0.25) is 5.02 Å². The Balaban J connectivity index is 1.66. The molecule has 0 bridgehead atoms. The molecule has 26 heavy (non-hydrogen) atoms. The Kier molecular flexibility index (Phi) is 5.95.